The van der Waals surface area contributed by atoms with Gasteiger partial charge in [-0.3, -0.25) is 0 Å². The molecule has 0 aliphatic carbocycles. The van der Waals surface area contributed by atoms with Gasteiger partial charge >= 0.3 is 0 Å². The third kappa shape index (κ3) is 11.0. The zero-order chi connectivity index (χ0) is 12.8. The Kier molecular flexibility index (Phi) is 7.31. The molecule has 16 heavy (non-hydrogen) atoms. The van der Waals surface area contributed by atoms with Gasteiger partial charge in [0.1, 0.15) is 15.4 Å². The third-order valence-corrected chi connectivity index (χ3v) is 5.14. The fraction of sp³-hybridized carbons (Fsp3) is 1.00. The van der Waals surface area contributed by atoms with Crippen molar-refractivity contribution < 1.29 is 8.85 Å². The molecule has 0 saturated carbocycles. The normalized spacial score (nSPS) is 13.5. The molecule has 0 saturated heterocycles. The van der Waals surface area contributed by atoms with Crippen molar-refractivity contribution >= 4 is 26.2 Å². The van der Waals surface area contributed by atoms with Gasteiger partial charge in [-0.05, 0) is 52.2 Å². The van der Waals surface area contributed by atoms with Crippen molar-refractivity contribution in [2.24, 2.45) is 5.73 Å². The zero-order valence-electron chi connectivity index (χ0n) is 11.6. The number of nitrogens with two attached hydrogens (primary N) is 1. The minimum Gasteiger partial charge on any atom is -0.397 e. The van der Waals surface area contributed by atoms with Gasteiger partial charge in [0.05, 0.1) is 0 Å². The summed E-state index contributed by atoms with van der Waals surface area (Å²) in [5.41, 5.74) is 5.51. The van der Waals surface area contributed by atoms with Gasteiger partial charge in [0.2, 0.25) is 0 Å². The van der Waals surface area contributed by atoms with E-state index in [0.717, 1.165) is 28.5 Å². The molecule has 0 bridgehead atoms. The average molecular weight is 278 g/mol. The quantitative estimate of drug-likeness (QED) is 0.421. The van der Waals surface area contributed by atoms with Crippen molar-refractivity contribution in [3.63, 3.8) is 0 Å². The smallest absolute Gasteiger partial charge is 0.186 e. The second-order valence-corrected chi connectivity index (χ2v) is 16.2. The molecular weight excluding hydrogens is 250 g/mol. The first kappa shape index (κ1) is 16.5. The van der Waals surface area contributed by atoms with Crippen LogP contribution in [0.1, 0.15) is 6.42 Å². The molecule has 0 aromatic carbocycles. The molecule has 0 aromatic heterocycles. The Balaban J connectivity index is 4.17. The first-order valence-corrected chi connectivity index (χ1v) is 14.0. The van der Waals surface area contributed by atoms with Crippen LogP contribution in [0.3, 0.4) is 0 Å². The fourth-order valence-corrected chi connectivity index (χ4v) is 5.98. The van der Waals surface area contributed by atoms with E-state index in [4.69, 9.17) is 14.6 Å². The second kappa shape index (κ2) is 7.07. The predicted octanol–water partition coefficient (Wildman–Crippen LogP) is 2.44. The summed E-state index contributed by atoms with van der Waals surface area (Å²) in [7, 11) is -2.29. The van der Waals surface area contributed by atoms with E-state index in [-0.39, 0.29) is 5.91 Å². The van der Waals surface area contributed by atoms with E-state index in [0.29, 0.717) is 0 Å². The molecule has 0 aromatic rings. The summed E-state index contributed by atoms with van der Waals surface area (Å²) < 4.78 is 12.2. The molecule has 0 aliphatic heterocycles. The van der Waals surface area contributed by atoms with Crippen molar-refractivity contribution in [3.05, 3.63) is 0 Å². The fourth-order valence-electron chi connectivity index (χ4n) is 1.07. The molecule has 96 valence electrons. The Morgan fingerprint density at radius 1 is 1.00 bits per heavy atom. The predicted molar refractivity (Wildman–Crippen MR) is 76.9 cm³/mol. The molecule has 3 nitrogen and oxygen atoms in total. The highest BCUT2D eigenvalue weighted by Crippen LogP contribution is 2.14. The highest BCUT2D eigenvalue weighted by atomic mass is 28.4. The lowest BCUT2D eigenvalue weighted by Gasteiger charge is -2.31. The molecule has 0 spiro atoms. The Labute approximate surface area is 105 Å². The van der Waals surface area contributed by atoms with E-state index < -0.39 is 16.6 Å². The lowest BCUT2D eigenvalue weighted by Crippen LogP contribution is -2.43. The van der Waals surface area contributed by atoms with Gasteiger partial charge in [0.25, 0.3) is 0 Å². The topological polar surface area (TPSA) is 44.5 Å². The molecule has 2 N–H and O–H groups in total. The largest absolute Gasteiger partial charge is 0.397 e. The summed E-state index contributed by atoms with van der Waals surface area (Å²) in [5, 5.41) is 0. The van der Waals surface area contributed by atoms with Crippen LogP contribution in [0.25, 0.3) is 0 Å². The van der Waals surface area contributed by atoms with Crippen LogP contribution in [0, 0.1) is 0 Å². The van der Waals surface area contributed by atoms with Crippen molar-refractivity contribution in [2.45, 2.75) is 57.7 Å². The highest BCUT2D eigenvalue weighted by molar-refractivity contribution is 6.71. The van der Waals surface area contributed by atoms with Crippen molar-refractivity contribution in [3.8, 4) is 0 Å². The van der Waals surface area contributed by atoms with Gasteiger partial charge in [-0.25, -0.2) is 0 Å². The van der Waals surface area contributed by atoms with Crippen LogP contribution in [-0.2, 0) is 8.85 Å². The van der Waals surface area contributed by atoms with Crippen LogP contribution >= 0.6 is 0 Å². The number of hydrogen-bond donors (Lipinski definition) is 1. The molecule has 6 heteroatoms. The second-order valence-electron chi connectivity index (χ2n) is 5.89. The summed E-state index contributed by atoms with van der Waals surface area (Å²) in [6, 6.07) is 1.12. The van der Waals surface area contributed by atoms with Crippen molar-refractivity contribution in [2.75, 3.05) is 6.54 Å². The maximum atomic E-state index is 6.08. The van der Waals surface area contributed by atoms with Crippen LogP contribution in [0.15, 0.2) is 0 Å². The van der Waals surface area contributed by atoms with Crippen LogP contribution in [0.4, 0.5) is 0 Å². The summed E-state index contributed by atoms with van der Waals surface area (Å²) in [4.78, 5) is 0. The van der Waals surface area contributed by atoms with Gasteiger partial charge < -0.3 is 14.6 Å². The Bertz CT molecular complexity index is 173. The van der Waals surface area contributed by atoms with E-state index in [9.17, 15) is 0 Å². The van der Waals surface area contributed by atoms with E-state index in [1.54, 1.807) is 0 Å². The average Bonchev–Trinajstić information content (AvgIpc) is 1.97. The molecule has 0 rings (SSSR count). The standard InChI is InChI=1S/C10H27NO2Si3/c1-15(2,3)12-10(13-16(4,5)6)14-9-7-8-11/h10H,7-9,11H2,1-6H3. The van der Waals surface area contributed by atoms with E-state index in [2.05, 4.69) is 39.3 Å². The SMILES string of the molecule is C[Si](C)(C)OC(O[Si](C)(C)C)[Si]CCCN. The summed E-state index contributed by atoms with van der Waals surface area (Å²) in [5.74, 6) is 0.0184. The molecular formula is C10H27NO2Si3. The highest BCUT2D eigenvalue weighted by Gasteiger charge is 2.26. The Morgan fingerprint density at radius 3 is 1.75 bits per heavy atom. The molecule has 0 heterocycles. The summed E-state index contributed by atoms with van der Waals surface area (Å²) in [6.45, 7) is 14.0. The number of hydrogen-bond acceptors (Lipinski definition) is 3. The van der Waals surface area contributed by atoms with Gasteiger partial charge in [-0.1, -0.05) is 6.04 Å². The Hall–Kier alpha value is 0.531. The minimum atomic E-state index is -1.51. The van der Waals surface area contributed by atoms with Crippen LogP contribution in [0.2, 0.25) is 45.3 Å². The van der Waals surface area contributed by atoms with Crippen molar-refractivity contribution in [1.29, 1.82) is 0 Å². The molecule has 0 amide bonds. The monoisotopic (exact) mass is 277 g/mol. The third-order valence-electron chi connectivity index (χ3n) is 1.61. The van der Waals surface area contributed by atoms with Crippen LogP contribution in [0.5, 0.6) is 0 Å². The first-order valence-electron chi connectivity index (χ1n) is 5.93. The molecule has 0 aliphatic rings. The van der Waals surface area contributed by atoms with Crippen LogP contribution in [-0.4, -0.2) is 38.6 Å². The molecule has 0 fully saturated rings. The van der Waals surface area contributed by atoms with E-state index >= 15 is 0 Å². The lowest BCUT2D eigenvalue weighted by molar-refractivity contribution is 0.0605. The van der Waals surface area contributed by atoms with E-state index in [1.165, 1.54) is 0 Å². The molecule has 0 unspecified atom stereocenters. The maximum Gasteiger partial charge on any atom is 0.186 e. The van der Waals surface area contributed by atoms with Crippen LogP contribution < -0.4 is 5.73 Å². The minimum absolute atomic E-state index is 0.0184. The lowest BCUT2D eigenvalue weighted by atomic mass is 10.5. The summed E-state index contributed by atoms with van der Waals surface area (Å²) >= 11 is 0. The Morgan fingerprint density at radius 2 is 1.44 bits per heavy atom. The van der Waals surface area contributed by atoms with Gasteiger partial charge in [0, 0.05) is 0 Å². The molecule has 2 radical (unpaired) electrons. The first-order chi connectivity index (χ1) is 7.14. The number of rotatable bonds is 8. The van der Waals surface area contributed by atoms with Crippen molar-refractivity contribution in [1.82, 2.24) is 0 Å². The maximum absolute atomic E-state index is 6.08. The zero-order valence-corrected chi connectivity index (χ0v) is 14.6. The molecule has 0 atom stereocenters. The van der Waals surface area contributed by atoms with E-state index in [1.807, 2.05) is 0 Å². The summed E-state index contributed by atoms with van der Waals surface area (Å²) in [6.07, 6.45) is 1.07. The van der Waals surface area contributed by atoms with Gasteiger partial charge in [0.15, 0.2) is 16.6 Å². The van der Waals surface area contributed by atoms with Gasteiger partial charge in [-0.15, -0.1) is 0 Å². The van der Waals surface area contributed by atoms with Gasteiger partial charge in [-0.2, -0.15) is 0 Å².